The molecule has 1 amide bonds. The number of carbonyl (C=O) groups is 2. The first-order valence-electron chi connectivity index (χ1n) is 11.6. The van der Waals surface area contributed by atoms with Crippen LogP contribution in [0.3, 0.4) is 0 Å². The highest BCUT2D eigenvalue weighted by Crippen LogP contribution is 2.31. The van der Waals surface area contributed by atoms with Crippen LogP contribution in [0.25, 0.3) is 0 Å². The summed E-state index contributed by atoms with van der Waals surface area (Å²) in [5.41, 5.74) is -1.36. The highest BCUT2D eigenvalue weighted by Gasteiger charge is 2.49. The standard InChI is InChI=1S/C21H37NO15/c1-21(2,7-34-19-15(31)13(29)11(27)8(5-23)35-19)17(18(33)22-4-3-10(25)26)37-20-16(32)14(30)12(28)9(6-24)36-20/h8-9,11-17,19-20,23-24,27-32H,3-7H2,1-2H3,(H,22,33)(H,25,26)/t8-,9-,11+,12+,13+,14+,15-,16-,17+,19-,20+/m1/s1. The van der Waals surface area contributed by atoms with Gasteiger partial charge in [-0.15, -0.1) is 0 Å². The molecule has 10 N–H and O–H groups in total. The van der Waals surface area contributed by atoms with E-state index in [1.165, 1.54) is 13.8 Å². The molecule has 2 rings (SSSR count). The molecule has 2 aliphatic heterocycles. The molecular formula is C21H37NO15. The molecule has 2 fully saturated rings. The summed E-state index contributed by atoms with van der Waals surface area (Å²) in [6.07, 6.45) is -18.1. The number of aliphatic hydroxyl groups is 8. The van der Waals surface area contributed by atoms with Gasteiger partial charge in [0.05, 0.1) is 26.2 Å². The summed E-state index contributed by atoms with van der Waals surface area (Å²) < 4.78 is 21.8. The summed E-state index contributed by atoms with van der Waals surface area (Å²) in [5.74, 6) is -2.04. The van der Waals surface area contributed by atoms with Gasteiger partial charge in [0, 0.05) is 12.0 Å². The molecule has 2 saturated heterocycles. The number of carboxylic acids is 1. The molecule has 0 unspecified atom stereocenters. The molecule has 11 atom stereocenters. The Balaban J connectivity index is 2.20. The second-order valence-electron chi connectivity index (χ2n) is 9.65. The fourth-order valence-electron chi connectivity index (χ4n) is 3.88. The van der Waals surface area contributed by atoms with Crippen LogP contribution in [0.1, 0.15) is 20.3 Å². The molecule has 2 heterocycles. The largest absolute Gasteiger partial charge is 0.481 e. The monoisotopic (exact) mass is 543 g/mol. The van der Waals surface area contributed by atoms with E-state index in [-0.39, 0.29) is 6.54 Å². The zero-order valence-electron chi connectivity index (χ0n) is 20.4. The average molecular weight is 544 g/mol. The first-order valence-corrected chi connectivity index (χ1v) is 11.6. The maximum atomic E-state index is 13.0. The van der Waals surface area contributed by atoms with Crippen molar-refractivity contribution in [2.45, 2.75) is 87.8 Å². The number of hydrogen-bond donors (Lipinski definition) is 10. The SMILES string of the molecule is CC(C)(CO[C@@H]1O[C@H](CO)[C@H](O)[C@H](O)[C@H]1O)[C@@H](O[C@@H]1O[C@H](CO)[C@H](O)[C@H](O)[C@H]1O)C(=O)NCCC(=O)O. The van der Waals surface area contributed by atoms with Crippen molar-refractivity contribution >= 4 is 11.9 Å². The number of aliphatic carboxylic acids is 1. The molecule has 16 heteroatoms. The lowest BCUT2D eigenvalue weighted by Crippen LogP contribution is -2.62. The van der Waals surface area contributed by atoms with Crippen LogP contribution in [0.5, 0.6) is 0 Å². The van der Waals surface area contributed by atoms with Crippen molar-refractivity contribution in [3.05, 3.63) is 0 Å². The fourth-order valence-corrected chi connectivity index (χ4v) is 3.88. The van der Waals surface area contributed by atoms with Gasteiger partial charge < -0.3 is 70.2 Å². The van der Waals surface area contributed by atoms with E-state index in [1.807, 2.05) is 0 Å². The lowest BCUT2D eigenvalue weighted by atomic mass is 9.86. The van der Waals surface area contributed by atoms with Gasteiger partial charge in [0.1, 0.15) is 54.9 Å². The quantitative estimate of drug-likeness (QED) is 0.110. The van der Waals surface area contributed by atoms with E-state index in [9.17, 15) is 50.4 Å². The van der Waals surface area contributed by atoms with Crippen LogP contribution in [-0.4, -0.2) is 152 Å². The van der Waals surface area contributed by atoms with Crippen LogP contribution in [0.4, 0.5) is 0 Å². The van der Waals surface area contributed by atoms with Crippen LogP contribution < -0.4 is 5.32 Å². The number of amides is 1. The molecular weight excluding hydrogens is 506 g/mol. The zero-order valence-corrected chi connectivity index (χ0v) is 20.4. The van der Waals surface area contributed by atoms with Gasteiger partial charge in [-0.3, -0.25) is 9.59 Å². The van der Waals surface area contributed by atoms with E-state index in [1.54, 1.807) is 0 Å². The summed E-state index contributed by atoms with van der Waals surface area (Å²) in [4.78, 5) is 23.8. The predicted octanol–water partition coefficient (Wildman–Crippen LogP) is -5.39. The van der Waals surface area contributed by atoms with E-state index >= 15 is 0 Å². The Morgan fingerprint density at radius 3 is 1.81 bits per heavy atom. The summed E-state index contributed by atoms with van der Waals surface area (Å²) in [6.45, 7) is 0.772. The average Bonchev–Trinajstić information content (AvgIpc) is 2.84. The fraction of sp³-hybridized carbons (Fsp3) is 0.905. The molecule has 0 aromatic carbocycles. The van der Waals surface area contributed by atoms with E-state index in [4.69, 9.17) is 24.1 Å². The summed E-state index contributed by atoms with van der Waals surface area (Å²) in [5, 5.41) is 90.4. The molecule has 0 bridgehead atoms. The minimum Gasteiger partial charge on any atom is -0.481 e. The Labute approximate surface area is 212 Å². The molecule has 16 nitrogen and oxygen atoms in total. The minimum absolute atomic E-state index is 0.285. The lowest BCUT2D eigenvalue weighted by Gasteiger charge is -2.44. The Morgan fingerprint density at radius 1 is 0.838 bits per heavy atom. The van der Waals surface area contributed by atoms with Gasteiger partial charge in [0.2, 0.25) is 5.91 Å². The Kier molecular flexibility index (Phi) is 11.6. The number of ether oxygens (including phenoxy) is 4. The molecule has 216 valence electrons. The predicted molar refractivity (Wildman–Crippen MR) is 117 cm³/mol. The minimum atomic E-state index is -1.84. The van der Waals surface area contributed by atoms with Gasteiger partial charge in [-0.1, -0.05) is 13.8 Å². The number of carbonyl (C=O) groups excluding carboxylic acids is 1. The van der Waals surface area contributed by atoms with Gasteiger partial charge in [0.25, 0.3) is 0 Å². The van der Waals surface area contributed by atoms with Gasteiger partial charge in [-0.25, -0.2) is 0 Å². The van der Waals surface area contributed by atoms with Crippen LogP contribution in [-0.2, 0) is 28.5 Å². The van der Waals surface area contributed by atoms with Gasteiger partial charge in [-0.05, 0) is 0 Å². The summed E-state index contributed by atoms with van der Waals surface area (Å²) in [6, 6.07) is 0. The lowest BCUT2D eigenvalue weighted by molar-refractivity contribution is -0.324. The summed E-state index contributed by atoms with van der Waals surface area (Å²) >= 11 is 0. The van der Waals surface area contributed by atoms with Crippen LogP contribution >= 0.6 is 0 Å². The van der Waals surface area contributed by atoms with Crippen molar-refractivity contribution in [2.24, 2.45) is 5.41 Å². The second-order valence-corrected chi connectivity index (χ2v) is 9.65. The highest BCUT2D eigenvalue weighted by molar-refractivity contribution is 5.82. The molecule has 0 aromatic rings. The maximum absolute atomic E-state index is 13.0. The van der Waals surface area contributed by atoms with E-state index in [0.29, 0.717) is 0 Å². The number of rotatable bonds is 12. The van der Waals surface area contributed by atoms with E-state index < -0.39 is 111 Å². The first-order chi connectivity index (χ1) is 17.2. The highest BCUT2D eigenvalue weighted by atomic mass is 16.7. The van der Waals surface area contributed by atoms with Crippen molar-refractivity contribution in [2.75, 3.05) is 26.4 Å². The van der Waals surface area contributed by atoms with Gasteiger partial charge >= 0.3 is 5.97 Å². The molecule has 37 heavy (non-hydrogen) atoms. The smallest absolute Gasteiger partial charge is 0.305 e. The van der Waals surface area contributed by atoms with Crippen LogP contribution in [0.15, 0.2) is 0 Å². The maximum Gasteiger partial charge on any atom is 0.305 e. The zero-order chi connectivity index (χ0) is 28.1. The normalized spacial score (nSPS) is 37.7. The summed E-state index contributed by atoms with van der Waals surface area (Å²) in [7, 11) is 0. The topological polar surface area (TPSA) is 265 Å². The number of nitrogens with one attached hydrogen (secondary N) is 1. The van der Waals surface area contributed by atoms with Crippen molar-refractivity contribution in [1.82, 2.24) is 5.32 Å². The second kappa shape index (κ2) is 13.5. The van der Waals surface area contributed by atoms with E-state index in [2.05, 4.69) is 5.32 Å². The molecule has 0 radical (unpaired) electrons. The van der Waals surface area contributed by atoms with E-state index in [0.717, 1.165) is 0 Å². The molecule has 0 aliphatic carbocycles. The molecule has 0 saturated carbocycles. The molecule has 2 aliphatic rings. The molecule has 0 aromatic heterocycles. The Bertz CT molecular complexity index is 749. The Hall–Kier alpha value is -1.54. The van der Waals surface area contributed by atoms with Crippen molar-refractivity contribution in [3.63, 3.8) is 0 Å². The van der Waals surface area contributed by atoms with Gasteiger partial charge in [0.15, 0.2) is 12.6 Å². The van der Waals surface area contributed by atoms with Crippen LogP contribution in [0, 0.1) is 5.41 Å². The van der Waals surface area contributed by atoms with Crippen molar-refractivity contribution < 1.29 is 74.5 Å². The van der Waals surface area contributed by atoms with Crippen molar-refractivity contribution in [1.29, 1.82) is 0 Å². The van der Waals surface area contributed by atoms with Crippen molar-refractivity contribution in [3.8, 4) is 0 Å². The third kappa shape index (κ3) is 7.75. The first kappa shape index (κ1) is 31.7. The molecule has 0 spiro atoms. The third-order valence-electron chi connectivity index (χ3n) is 6.17. The number of hydrogen-bond acceptors (Lipinski definition) is 14. The van der Waals surface area contributed by atoms with Crippen LogP contribution in [0.2, 0.25) is 0 Å². The Morgan fingerprint density at radius 2 is 1.32 bits per heavy atom. The number of aliphatic hydroxyl groups excluding tert-OH is 8. The van der Waals surface area contributed by atoms with Gasteiger partial charge in [-0.2, -0.15) is 0 Å². The third-order valence-corrected chi connectivity index (χ3v) is 6.17. The number of carboxylic acid groups (broad SMARTS) is 1.